The number of benzene rings is 1. The number of anilines is 2. The van der Waals surface area contributed by atoms with Gasteiger partial charge >= 0.3 is 12.1 Å². The fourth-order valence-corrected chi connectivity index (χ4v) is 0.988. The summed E-state index contributed by atoms with van der Waals surface area (Å²) in [5, 5.41) is 10.3. The van der Waals surface area contributed by atoms with Crippen LogP contribution in [0.2, 0.25) is 0 Å². The van der Waals surface area contributed by atoms with Crippen molar-refractivity contribution in [2.75, 3.05) is 12.4 Å². The van der Waals surface area contributed by atoms with Crippen molar-refractivity contribution in [2.24, 2.45) is 0 Å². The van der Waals surface area contributed by atoms with Gasteiger partial charge in [-0.2, -0.15) is 0 Å². The van der Waals surface area contributed by atoms with Crippen LogP contribution in [0.25, 0.3) is 0 Å². The molecule has 2 rings (SSSR count). The molecule has 1 aromatic heterocycles. The first-order valence-corrected chi connectivity index (χ1v) is 4.08. The second-order valence-corrected chi connectivity index (χ2v) is 2.57. The molecule has 0 bridgehead atoms. The Morgan fingerprint density at radius 2 is 2.00 bits per heavy atom. The van der Waals surface area contributed by atoms with Gasteiger partial charge in [-0.1, -0.05) is 28.4 Å². The molecule has 0 aliphatic carbocycles. The molecule has 0 amide bonds. The maximum atomic E-state index is 5.08. The minimum atomic E-state index is 0.142. The van der Waals surface area contributed by atoms with E-state index in [2.05, 4.69) is 15.5 Å². The van der Waals surface area contributed by atoms with Crippen molar-refractivity contribution in [3.05, 3.63) is 30.3 Å². The molecule has 2 aromatic rings. The zero-order valence-electron chi connectivity index (χ0n) is 7.60. The van der Waals surface area contributed by atoms with Gasteiger partial charge in [-0.05, 0) is 12.1 Å². The van der Waals surface area contributed by atoms with Gasteiger partial charge < -0.3 is 14.5 Å². The van der Waals surface area contributed by atoms with Crippen molar-refractivity contribution >= 4 is 11.7 Å². The average molecular weight is 191 g/mol. The molecule has 1 aromatic carbocycles. The topological polar surface area (TPSA) is 60.2 Å². The third-order valence-electron chi connectivity index (χ3n) is 1.61. The van der Waals surface area contributed by atoms with Gasteiger partial charge in [0.05, 0.1) is 7.11 Å². The average Bonchev–Trinajstić information content (AvgIpc) is 2.67. The maximum absolute atomic E-state index is 5.08. The van der Waals surface area contributed by atoms with Crippen LogP contribution in [0.4, 0.5) is 11.7 Å². The maximum Gasteiger partial charge on any atom is 0.415 e. The Morgan fingerprint density at radius 1 is 1.21 bits per heavy atom. The highest BCUT2D eigenvalue weighted by molar-refractivity contribution is 5.51. The van der Waals surface area contributed by atoms with E-state index in [-0.39, 0.29) is 6.08 Å². The molecule has 0 aliphatic rings. The Hall–Kier alpha value is -2.04. The zero-order valence-corrected chi connectivity index (χ0v) is 7.60. The van der Waals surface area contributed by atoms with Gasteiger partial charge in [0.1, 0.15) is 0 Å². The van der Waals surface area contributed by atoms with E-state index in [9.17, 15) is 0 Å². The standard InChI is InChI=1S/C9H9N3O2/c1-13-9-12-11-8(14-9)10-7-5-3-2-4-6-7/h2-6H,1H3,(H,10,11). The molecule has 0 fully saturated rings. The van der Waals surface area contributed by atoms with Crippen molar-refractivity contribution in [3.63, 3.8) is 0 Å². The van der Waals surface area contributed by atoms with Gasteiger partial charge in [0.25, 0.3) is 0 Å². The van der Waals surface area contributed by atoms with E-state index < -0.39 is 0 Å². The quantitative estimate of drug-likeness (QED) is 0.801. The summed E-state index contributed by atoms with van der Waals surface area (Å²) in [4.78, 5) is 0. The SMILES string of the molecule is COc1nnc(Nc2ccccc2)o1. The zero-order chi connectivity index (χ0) is 9.80. The lowest BCUT2D eigenvalue weighted by molar-refractivity contribution is 0.294. The summed E-state index contributed by atoms with van der Waals surface area (Å²) < 4.78 is 9.83. The van der Waals surface area contributed by atoms with Crippen LogP contribution in [0.5, 0.6) is 6.08 Å². The summed E-state index contributed by atoms with van der Waals surface area (Å²) in [6.45, 7) is 0. The molecule has 14 heavy (non-hydrogen) atoms. The second-order valence-electron chi connectivity index (χ2n) is 2.57. The molecule has 0 atom stereocenters. The Balaban J connectivity index is 2.11. The number of aromatic nitrogens is 2. The number of hydrogen-bond acceptors (Lipinski definition) is 5. The van der Waals surface area contributed by atoms with E-state index in [1.54, 1.807) is 0 Å². The normalized spacial score (nSPS) is 9.79. The molecule has 0 saturated heterocycles. The van der Waals surface area contributed by atoms with Gasteiger partial charge in [-0.25, -0.2) is 0 Å². The molecule has 1 heterocycles. The summed E-state index contributed by atoms with van der Waals surface area (Å²) in [7, 11) is 1.47. The molecule has 0 aliphatic heterocycles. The number of nitrogens with one attached hydrogen (secondary N) is 1. The van der Waals surface area contributed by atoms with E-state index >= 15 is 0 Å². The van der Waals surface area contributed by atoms with Gasteiger partial charge in [0, 0.05) is 5.69 Å². The highest BCUT2D eigenvalue weighted by Crippen LogP contribution is 2.17. The van der Waals surface area contributed by atoms with E-state index in [1.807, 2.05) is 30.3 Å². The van der Waals surface area contributed by atoms with E-state index in [0.717, 1.165) is 5.69 Å². The molecular formula is C9H9N3O2. The van der Waals surface area contributed by atoms with Crippen LogP contribution in [0.1, 0.15) is 0 Å². The number of ether oxygens (including phenoxy) is 1. The summed E-state index contributed by atoms with van der Waals surface area (Å²) in [6.07, 6.45) is 0.142. The third kappa shape index (κ3) is 1.82. The number of para-hydroxylation sites is 1. The van der Waals surface area contributed by atoms with Crippen molar-refractivity contribution < 1.29 is 9.15 Å². The lowest BCUT2D eigenvalue weighted by Gasteiger charge is -1.98. The molecule has 5 heteroatoms. The number of nitrogens with zero attached hydrogens (tertiary/aromatic N) is 2. The first-order chi connectivity index (χ1) is 6.88. The minimum Gasteiger partial charge on any atom is -0.452 e. The van der Waals surface area contributed by atoms with E-state index in [0.29, 0.717) is 6.01 Å². The van der Waals surface area contributed by atoms with Crippen molar-refractivity contribution in [3.8, 4) is 6.08 Å². The van der Waals surface area contributed by atoms with Crippen LogP contribution >= 0.6 is 0 Å². The fourth-order valence-electron chi connectivity index (χ4n) is 0.988. The molecule has 0 saturated carbocycles. The summed E-state index contributed by atoms with van der Waals surface area (Å²) in [5.74, 6) is 0. The van der Waals surface area contributed by atoms with Gasteiger partial charge in [-0.15, -0.1) is 0 Å². The first-order valence-electron chi connectivity index (χ1n) is 4.08. The molecule has 5 nitrogen and oxygen atoms in total. The van der Waals surface area contributed by atoms with Crippen LogP contribution in [0.15, 0.2) is 34.7 Å². The molecule has 0 radical (unpaired) electrons. The van der Waals surface area contributed by atoms with Crippen LogP contribution in [-0.4, -0.2) is 17.3 Å². The van der Waals surface area contributed by atoms with Crippen LogP contribution < -0.4 is 10.1 Å². The molecule has 0 spiro atoms. The Labute approximate surface area is 80.7 Å². The Morgan fingerprint density at radius 3 is 2.64 bits per heavy atom. The summed E-state index contributed by atoms with van der Waals surface area (Å²) in [5.41, 5.74) is 0.888. The fraction of sp³-hybridized carbons (Fsp3) is 0.111. The lowest BCUT2D eigenvalue weighted by atomic mass is 10.3. The molecular weight excluding hydrogens is 182 g/mol. The first kappa shape index (κ1) is 8.55. The van der Waals surface area contributed by atoms with Gasteiger partial charge in [0.15, 0.2) is 0 Å². The van der Waals surface area contributed by atoms with Crippen LogP contribution in [0, 0.1) is 0 Å². The largest absolute Gasteiger partial charge is 0.452 e. The Kier molecular flexibility index (Phi) is 2.31. The van der Waals surface area contributed by atoms with E-state index in [1.165, 1.54) is 7.11 Å². The van der Waals surface area contributed by atoms with E-state index in [4.69, 9.17) is 9.15 Å². The third-order valence-corrected chi connectivity index (χ3v) is 1.61. The molecule has 72 valence electrons. The predicted octanol–water partition coefficient (Wildman–Crippen LogP) is 1.82. The van der Waals surface area contributed by atoms with Crippen molar-refractivity contribution in [2.45, 2.75) is 0 Å². The minimum absolute atomic E-state index is 0.142. The van der Waals surface area contributed by atoms with Crippen LogP contribution in [-0.2, 0) is 0 Å². The summed E-state index contributed by atoms with van der Waals surface area (Å²) in [6, 6.07) is 9.87. The van der Waals surface area contributed by atoms with Crippen LogP contribution in [0.3, 0.4) is 0 Å². The number of methoxy groups -OCH3 is 1. The predicted molar refractivity (Wildman–Crippen MR) is 50.6 cm³/mol. The second kappa shape index (κ2) is 3.78. The number of rotatable bonds is 3. The molecule has 0 unspecified atom stereocenters. The molecule has 1 N–H and O–H groups in total. The Bertz CT molecular complexity index is 399. The summed E-state index contributed by atoms with van der Waals surface area (Å²) >= 11 is 0. The highest BCUT2D eigenvalue weighted by Gasteiger charge is 2.04. The monoisotopic (exact) mass is 191 g/mol. The highest BCUT2D eigenvalue weighted by atomic mass is 16.6. The van der Waals surface area contributed by atoms with Gasteiger partial charge in [0.2, 0.25) is 0 Å². The van der Waals surface area contributed by atoms with Crippen molar-refractivity contribution in [1.82, 2.24) is 10.2 Å². The van der Waals surface area contributed by atoms with Crippen molar-refractivity contribution in [1.29, 1.82) is 0 Å². The smallest absolute Gasteiger partial charge is 0.415 e. The number of hydrogen-bond donors (Lipinski definition) is 1. The van der Waals surface area contributed by atoms with Gasteiger partial charge in [-0.3, -0.25) is 0 Å². The lowest BCUT2D eigenvalue weighted by Crippen LogP contribution is -1.88.